The van der Waals surface area contributed by atoms with E-state index in [1.807, 2.05) is 6.92 Å². The summed E-state index contributed by atoms with van der Waals surface area (Å²) in [7, 11) is -3.69. The van der Waals surface area contributed by atoms with Crippen molar-refractivity contribution in [3.05, 3.63) is 0 Å². The Bertz CT molecular complexity index is 159. The monoisotopic (exact) mass is 181 g/mol. The lowest BCUT2D eigenvalue weighted by Crippen LogP contribution is -2.17. The highest BCUT2D eigenvalue weighted by atomic mass is 32.3. The molecule has 0 aromatic heterocycles. The van der Waals surface area contributed by atoms with E-state index in [9.17, 15) is 7.77 Å². The number of hydrogen-bond donors (Lipinski definition) is 0. The quantitative estimate of drug-likeness (QED) is 0.656. The van der Waals surface area contributed by atoms with Gasteiger partial charge in [0.05, 0.1) is 16.9 Å². The molecule has 0 heterocycles. The highest BCUT2D eigenvalue weighted by Crippen LogP contribution is 2.54. The standard InChI is InChI=1S/C7H13F2NS/c1-4-6(2)7(5-10)11(3,8)9/h6-7H,4H2,1-3H3. The van der Waals surface area contributed by atoms with Crippen LogP contribution >= 0.6 is 10.8 Å². The summed E-state index contributed by atoms with van der Waals surface area (Å²) in [6, 6.07) is 1.68. The molecule has 0 aromatic rings. The molecule has 2 atom stereocenters. The zero-order valence-electron chi connectivity index (χ0n) is 6.97. The van der Waals surface area contributed by atoms with Gasteiger partial charge in [0, 0.05) is 6.26 Å². The first kappa shape index (κ1) is 10.7. The number of nitrogens with zero attached hydrogens (tertiary/aromatic N) is 1. The highest BCUT2D eigenvalue weighted by molar-refractivity contribution is 8.25. The summed E-state index contributed by atoms with van der Waals surface area (Å²) >= 11 is 0. The molecule has 11 heavy (non-hydrogen) atoms. The Balaban J connectivity index is 4.32. The van der Waals surface area contributed by atoms with E-state index < -0.39 is 16.0 Å². The van der Waals surface area contributed by atoms with Gasteiger partial charge in [-0.25, -0.2) is 0 Å². The summed E-state index contributed by atoms with van der Waals surface area (Å²) in [6.07, 6.45) is 1.52. The summed E-state index contributed by atoms with van der Waals surface area (Å²) in [5.41, 5.74) is 0. The predicted molar refractivity (Wildman–Crippen MR) is 44.6 cm³/mol. The molecule has 0 spiro atoms. The minimum atomic E-state index is -3.69. The molecule has 1 nitrogen and oxygen atoms in total. The highest BCUT2D eigenvalue weighted by Gasteiger charge is 2.32. The van der Waals surface area contributed by atoms with Gasteiger partial charge in [-0.15, -0.1) is 0 Å². The summed E-state index contributed by atoms with van der Waals surface area (Å²) in [5.74, 6) is -0.199. The van der Waals surface area contributed by atoms with Crippen molar-refractivity contribution in [3.8, 4) is 6.07 Å². The van der Waals surface area contributed by atoms with Gasteiger partial charge in [0.1, 0.15) is 5.25 Å². The molecule has 0 radical (unpaired) electrons. The van der Waals surface area contributed by atoms with Crippen molar-refractivity contribution < 1.29 is 7.77 Å². The van der Waals surface area contributed by atoms with Gasteiger partial charge in [-0.2, -0.15) is 13.0 Å². The molecule has 0 aromatic carbocycles. The van der Waals surface area contributed by atoms with Crippen molar-refractivity contribution >= 4 is 10.8 Å². The number of hydrogen-bond acceptors (Lipinski definition) is 1. The van der Waals surface area contributed by atoms with Crippen LogP contribution in [0, 0.1) is 17.2 Å². The number of nitriles is 1. The van der Waals surface area contributed by atoms with Crippen molar-refractivity contribution in [2.45, 2.75) is 25.5 Å². The van der Waals surface area contributed by atoms with E-state index in [1.54, 1.807) is 13.0 Å². The summed E-state index contributed by atoms with van der Waals surface area (Å²) in [4.78, 5) is 0. The smallest absolute Gasteiger partial charge is 0.131 e. The minimum absolute atomic E-state index is 0.199. The van der Waals surface area contributed by atoms with E-state index in [-0.39, 0.29) is 5.92 Å². The van der Waals surface area contributed by atoms with Gasteiger partial charge in [-0.1, -0.05) is 20.3 Å². The average Bonchev–Trinajstić information content (AvgIpc) is 1.86. The maximum Gasteiger partial charge on any atom is 0.131 e. The lowest BCUT2D eigenvalue weighted by atomic mass is 10.1. The molecule has 0 N–H and O–H groups in total. The van der Waals surface area contributed by atoms with Crippen molar-refractivity contribution in [2.75, 3.05) is 6.26 Å². The molecular formula is C7H13F2NS. The first-order valence-corrected chi connectivity index (χ1v) is 5.40. The van der Waals surface area contributed by atoms with Crippen molar-refractivity contribution in [1.82, 2.24) is 0 Å². The molecule has 0 bridgehead atoms. The molecule has 0 fully saturated rings. The molecule has 66 valence electrons. The zero-order chi connectivity index (χ0) is 9.07. The van der Waals surface area contributed by atoms with Crippen LogP contribution < -0.4 is 0 Å². The molecule has 0 aliphatic rings. The maximum absolute atomic E-state index is 12.7. The summed E-state index contributed by atoms with van der Waals surface area (Å²) in [5, 5.41) is 7.39. The van der Waals surface area contributed by atoms with Gasteiger partial charge in [-0.05, 0) is 5.92 Å². The minimum Gasteiger partial charge on any atom is -0.197 e. The first-order chi connectivity index (χ1) is 4.93. The molecule has 0 aliphatic heterocycles. The zero-order valence-corrected chi connectivity index (χ0v) is 7.79. The summed E-state index contributed by atoms with van der Waals surface area (Å²) in [6.45, 7) is 3.51. The maximum atomic E-state index is 12.7. The van der Waals surface area contributed by atoms with Crippen LogP contribution in [-0.2, 0) is 0 Å². The van der Waals surface area contributed by atoms with Crippen LogP contribution in [0.25, 0.3) is 0 Å². The second-order valence-corrected chi connectivity index (χ2v) is 4.79. The molecule has 0 rings (SSSR count). The van der Waals surface area contributed by atoms with E-state index >= 15 is 0 Å². The Morgan fingerprint density at radius 3 is 2.09 bits per heavy atom. The van der Waals surface area contributed by atoms with Crippen molar-refractivity contribution in [3.63, 3.8) is 0 Å². The summed E-state index contributed by atoms with van der Waals surface area (Å²) < 4.78 is 25.4. The van der Waals surface area contributed by atoms with E-state index in [0.717, 1.165) is 6.26 Å². The molecule has 0 amide bonds. The van der Waals surface area contributed by atoms with Crippen LogP contribution in [0.1, 0.15) is 20.3 Å². The van der Waals surface area contributed by atoms with Gasteiger partial charge in [0.15, 0.2) is 0 Å². The number of rotatable bonds is 3. The van der Waals surface area contributed by atoms with E-state index in [0.29, 0.717) is 6.42 Å². The fraction of sp³-hybridized carbons (Fsp3) is 0.857. The van der Waals surface area contributed by atoms with Crippen molar-refractivity contribution in [1.29, 1.82) is 5.26 Å². The third-order valence-corrected chi connectivity index (χ3v) is 3.20. The van der Waals surface area contributed by atoms with Crippen LogP contribution in [0.15, 0.2) is 0 Å². The first-order valence-electron chi connectivity index (χ1n) is 3.49. The molecular weight excluding hydrogens is 168 g/mol. The Morgan fingerprint density at radius 2 is 2.00 bits per heavy atom. The second kappa shape index (κ2) is 3.91. The van der Waals surface area contributed by atoms with Crippen LogP contribution in [0.3, 0.4) is 0 Å². The topological polar surface area (TPSA) is 23.8 Å². The number of halogens is 2. The second-order valence-electron chi connectivity index (χ2n) is 2.72. The van der Waals surface area contributed by atoms with Crippen LogP contribution in [0.4, 0.5) is 7.77 Å². The average molecular weight is 181 g/mol. The van der Waals surface area contributed by atoms with Crippen LogP contribution in [0.2, 0.25) is 0 Å². The van der Waals surface area contributed by atoms with E-state index in [2.05, 4.69) is 0 Å². The molecule has 4 heteroatoms. The van der Waals surface area contributed by atoms with Gasteiger partial charge in [0.25, 0.3) is 0 Å². The molecule has 2 unspecified atom stereocenters. The van der Waals surface area contributed by atoms with Crippen LogP contribution in [-0.4, -0.2) is 11.5 Å². The fourth-order valence-corrected chi connectivity index (χ4v) is 2.04. The third-order valence-electron chi connectivity index (χ3n) is 1.73. The molecule has 0 saturated carbocycles. The Labute approximate surface area is 68.3 Å². The van der Waals surface area contributed by atoms with Crippen molar-refractivity contribution in [2.24, 2.45) is 5.92 Å². The lowest BCUT2D eigenvalue weighted by molar-refractivity contribution is 0.558. The SMILES string of the molecule is CCC(C)C(C#N)S(C)(F)F. The molecule has 0 saturated heterocycles. The third kappa shape index (κ3) is 3.06. The van der Waals surface area contributed by atoms with E-state index in [4.69, 9.17) is 5.26 Å². The normalized spacial score (nSPS) is 18.5. The lowest BCUT2D eigenvalue weighted by Gasteiger charge is -2.25. The molecule has 0 aliphatic carbocycles. The van der Waals surface area contributed by atoms with Gasteiger partial charge in [0.2, 0.25) is 0 Å². The fourth-order valence-electron chi connectivity index (χ4n) is 0.842. The van der Waals surface area contributed by atoms with Gasteiger partial charge < -0.3 is 0 Å². The van der Waals surface area contributed by atoms with Gasteiger partial charge >= 0.3 is 0 Å². The van der Waals surface area contributed by atoms with Crippen LogP contribution in [0.5, 0.6) is 0 Å². The Kier molecular flexibility index (Phi) is 3.81. The largest absolute Gasteiger partial charge is 0.197 e. The Morgan fingerprint density at radius 1 is 1.55 bits per heavy atom. The Hall–Kier alpha value is -0.300. The van der Waals surface area contributed by atoms with Gasteiger partial charge in [-0.3, -0.25) is 0 Å². The van der Waals surface area contributed by atoms with E-state index in [1.165, 1.54) is 0 Å². The predicted octanol–water partition coefficient (Wildman–Crippen LogP) is 3.13.